The van der Waals surface area contributed by atoms with Gasteiger partial charge in [0.05, 0.1) is 12.1 Å². The summed E-state index contributed by atoms with van der Waals surface area (Å²) in [4.78, 5) is 23.1. The number of aryl methyl sites for hydroxylation is 1. The van der Waals surface area contributed by atoms with Gasteiger partial charge in [0, 0.05) is 39.0 Å². The summed E-state index contributed by atoms with van der Waals surface area (Å²) in [6.07, 6.45) is 7.39. The van der Waals surface area contributed by atoms with E-state index in [4.69, 9.17) is 4.42 Å². The van der Waals surface area contributed by atoms with E-state index >= 15 is 0 Å². The molecule has 1 aromatic carbocycles. The molecule has 1 aliphatic rings. The zero-order valence-corrected chi connectivity index (χ0v) is 15.1. The molecule has 3 aromatic rings. The van der Waals surface area contributed by atoms with Crippen molar-refractivity contribution < 1.29 is 13.6 Å². The molecule has 1 aliphatic heterocycles. The minimum atomic E-state index is -0.261. The van der Waals surface area contributed by atoms with Gasteiger partial charge in [0.2, 0.25) is 0 Å². The van der Waals surface area contributed by atoms with Crippen molar-refractivity contribution >= 4 is 5.91 Å². The molecule has 6 nitrogen and oxygen atoms in total. The van der Waals surface area contributed by atoms with Crippen LogP contribution in [0.15, 0.2) is 47.3 Å². The van der Waals surface area contributed by atoms with Crippen LogP contribution < -0.4 is 0 Å². The monoisotopic (exact) mass is 368 g/mol. The summed E-state index contributed by atoms with van der Waals surface area (Å²) < 4.78 is 21.0. The molecule has 0 spiro atoms. The van der Waals surface area contributed by atoms with Crippen LogP contribution >= 0.6 is 0 Å². The van der Waals surface area contributed by atoms with Crippen LogP contribution in [0, 0.1) is 5.82 Å². The first kappa shape index (κ1) is 17.5. The lowest BCUT2D eigenvalue weighted by molar-refractivity contribution is 0.0682. The number of aromatic nitrogens is 3. The van der Waals surface area contributed by atoms with Crippen LogP contribution in [0.25, 0.3) is 0 Å². The lowest BCUT2D eigenvalue weighted by Gasteiger charge is -2.31. The molecule has 0 saturated carbocycles. The van der Waals surface area contributed by atoms with Gasteiger partial charge in [-0.2, -0.15) is 0 Å². The van der Waals surface area contributed by atoms with E-state index in [1.54, 1.807) is 29.2 Å². The molecule has 3 heterocycles. The zero-order chi connectivity index (χ0) is 18.8. The quantitative estimate of drug-likeness (QED) is 0.710. The van der Waals surface area contributed by atoms with Gasteiger partial charge < -0.3 is 13.9 Å². The number of carbonyl (C=O) groups excluding carboxylic acids is 1. The van der Waals surface area contributed by atoms with Crippen LogP contribution in [0.4, 0.5) is 4.39 Å². The smallest absolute Gasteiger partial charge is 0.289 e. The van der Waals surface area contributed by atoms with Crippen molar-refractivity contribution in [2.45, 2.75) is 25.2 Å². The molecule has 27 heavy (non-hydrogen) atoms. The maximum atomic E-state index is 13.3. The van der Waals surface area contributed by atoms with E-state index < -0.39 is 0 Å². The standard InChI is InChI=1S/C20H21FN4O2/c1-24-9-7-22-18(24)20(26)25-8-3-5-15(13-25)19-23-12-17(27-19)11-14-4-2-6-16(21)10-14/h2,4,6-7,9-10,12,15H,3,5,8,11,13H2,1H3/t15-/m0/s1. The number of hydrogen-bond acceptors (Lipinski definition) is 4. The second-order valence-electron chi connectivity index (χ2n) is 6.92. The summed E-state index contributed by atoms with van der Waals surface area (Å²) >= 11 is 0. The Balaban J connectivity index is 1.45. The van der Waals surface area contributed by atoms with Crippen molar-refractivity contribution in [1.82, 2.24) is 19.4 Å². The minimum Gasteiger partial charge on any atom is -0.445 e. The molecule has 4 rings (SSSR count). The molecule has 1 amide bonds. The average molecular weight is 368 g/mol. The number of rotatable bonds is 4. The van der Waals surface area contributed by atoms with Crippen LogP contribution in [0.2, 0.25) is 0 Å². The van der Waals surface area contributed by atoms with Crippen LogP contribution in [0.3, 0.4) is 0 Å². The molecule has 0 radical (unpaired) electrons. The first-order valence-corrected chi connectivity index (χ1v) is 9.06. The molecule has 7 heteroatoms. The summed E-state index contributed by atoms with van der Waals surface area (Å²) in [5.74, 6) is 1.50. The average Bonchev–Trinajstić information content (AvgIpc) is 3.30. The van der Waals surface area contributed by atoms with Gasteiger partial charge in [0.15, 0.2) is 11.7 Å². The van der Waals surface area contributed by atoms with Crippen LogP contribution in [0.1, 0.15) is 46.6 Å². The molecular formula is C20H21FN4O2. The van der Waals surface area contributed by atoms with Gasteiger partial charge in [-0.3, -0.25) is 4.79 Å². The maximum absolute atomic E-state index is 13.3. The minimum absolute atomic E-state index is 0.0595. The molecule has 0 aliphatic carbocycles. The van der Waals surface area contributed by atoms with Crippen LogP contribution in [-0.2, 0) is 13.5 Å². The first-order chi connectivity index (χ1) is 13.1. The molecule has 1 fully saturated rings. The highest BCUT2D eigenvalue weighted by Gasteiger charge is 2.29. The Hall–Kier alpha value is -2.96. The number of halogens is 1. The van der Waals surface area contributed by atoms with Gasteiger partial charge >= 0.3 is 0 Å². The van der Waals surface area contributed by atoms with Gasteiger partial charge in [-0.25, -0.2) is 14.4 Å². The third kappa shape index (κ3) is 3.77. The number of amides is 1. The fraction of sp³-hybridized carbons (Fsp3) is 0.350. The van der Waals surface area contributed by atoms with E-state index in [1.165, 1.54) is 12.1 Å². The van der Waals surface area contributed by atoms with E-state index in [1.807, 2.05) is 18.0 Å². The van der Waals surface area contributed by atoms with Crippen molar-refractivity contribution in [2.75, 3.05) is 13.1 Å². The predicted octanol–water partition coefficient (Wildman–Crippen LogP) is 3.16. The number of oxazole rings is 1. The van der Waals surface area contributed by atoms with E-state index in [2.05, 4.69) is 9.97 Å². The maximum Gasteiger partial charge on any atom is 0.289 e. The lowest BCUT2D eigenvalue weighted by Crippen LogP contribution is -2.40. The zero-order valence-electron chi connectivity index (χ0n) is 15.1. The number of likely N-dealkylation sites (tertiary alicyclic amines) is 1. The summed E-state index contributed by atoms with van der Waals surface area (Å²) in [5.41, 5.74) is 0.841. The largest absolute Gasteiger partial charge is 0.445 e. The third-order valence-corrected chi connectivity index (χ3v) is 4.91. The second kappa shape index (κ2) is 7.34. The van der Waals surface area contributed by atoms with Gasteiger partial charge in [-0.1, -0.05) is 12.1 Å². The number of imidazole rings is 1. The lowest BCUT2D eigenvalue weighted by atomic mass is 9.98. The summed E-state index contributed by atoms with van der Waals surface area (Å²) in [7, 11) is 1.81. The Morgan fingerprint density at radius 3 is 3.04 bits per heavy atom. The Kier molecular flexibility index (Phi) is 4.75. The van der Waals surface area contributed by atoms with Crippen molar-refractivity contribution in [3.05, 3.63) is 71.7 Å². The van der Waals surface area contributed by atoms with Crippen molar-refractivity contribution in [1.29, 1.82) is 0 Å². The molecule has 2 aromatic heterocycles. The highest BCUT2D eigenvalue weighted by molar-refractivity contribution is 5.90. The highest BCUT2D eigenvalue weighted by atomic mass is 19.1. The summed E-state index contributed by atoms with van der Waals surface area (Å²) in [6.45, 7) is 1.27. The van der Waals surface area contributed by atoms with Gasteiger partial charge in [-0.15, -0.1) is 0 Å². The van der Waals surface area contributed by atoms with Gasteiger partial charge in [0.1, 0.15) is 11.6 Å². The Labute approximate surface area is 156 Å². The van der Waals surface area contributed by atoms with Crippen LogP contribution in [0.5, 0.6) is 0 Å². The number of carbonyl (C=O) groups is 1. The number of benzene rings is 1. The second-order valence-corrected chi connectivity index (χ2v) is 6.92. The fourth-order valence-corrected chi connectivity index (χ4v) is 3.52. The fourth-order valence-electron chi connectivity index (χ4n) is 3.52. The Morgan fingerprint density at radius 1 is 1.37 bits per heavy atom. The Morgan fingerprint density at radius 2 is 2.26 bits per heavy atom. The molecule has 0 N–H and O–H groups in total. The van der Waals surface area contributed by atoms with Crippen molar-refractivity contribution in [3.8, 4) is 0 Å². The molecule has 1 atom stereocenters. The predicted molar refractivity (Wildman–Crippen MR) is 96.8 cm³/mol. The molecule has 140 valence electrons. The van der Waals surface area contributed by atoms with Crippen LogP contribution in [-0.4, -0.2) is 38.4 Å². The molecule has 0 unspecified atom stereocenters. The molecule has 0 bridgehead atoms. The topological polar surface area (TPSA) is 64.2 Å². The first-order valence-electron chi connectivity index (χ1n) is 9.06. The summed E-state index contributed by atoms with van der Waals surface area (Å²) in [6, 6.07) is 6.46. The number of nitrogens with zero attached hydrogens (tertiary/aromatic N) is 4. The van der Waals surface area contributed by atoms with Gasteiger partial charge in [0.25, 0.3) is 5.91 Å². The van der Waals surface area contributed by atoms with E-state index in [9.17, 15) is 9.18 Å². The van der Waals surface area contributed by atoms with E-state index in [0.29, 0.717) is 37.0 Å². The third-order valence-electron chi connectivity index (χ3n) is 4.91. The summed E-state index contributed by atoms with van der Waals surface area (Å²) in [5, 5.41) is 0. The molecular weight excluding hydrogens is 347 g/mol. The van der Waals surface area contributed by atoms with Crippen molar-refractivity contribution in [2.24, 2.45) is 7.05 Å². The van der Waals surface area contributed by atoms with E-state index in [-0.39, 0.29) is 17.6 Å². The normalized spacial score (nSPS) is 17.3. The number of piperidine rings is 1. The SMILES string of the molecule is Cn1ccnc1C(=O)N1CCC[C@H](c2ncc(Cc3cccc(F)c3)o2)C1. The number of hydrogen-bond donors (Lipinski definition) is 0. The highest BCUT2D eigenvalue weighted by Crippen LogP contribution is 2.28. The van der Waals surface area contributed by atoms with Crippen molar-refractivity contribution in [3.63, 3.8) is 0 Å². The Bertz CT molecular complexity index is 949. The molecule has 1 saturated heterocycles. The van der Waals surface area contributed by atoms with E-state index in [0.717, 1.165) is 18.4 Å². The van der Waals surface area contributed by atoms with Gasteiger partial charge in [-0.05, 0) is 30.5 Å².